The van der Waals surface area contributed by atoms with Gasteiger partial charge in [-0.15, -0.1) is 0 Å². The first-order valence-electron chi connectivity index (χ1n) is 9.14. The molecule has 0 spiro atoms. The molecule has 1 amide bonds. The molecular formula is C20H25N3O4. The van der Waals surface area contributed by atoms with E-state index >= 15 is 0 Å². The minimum Gasteiger partial charge on any atom is -0.494 e. The van der Waals surface area contributed by atoms with Gasteiger partial charge in [-0.3, -0.25) is 9.59 Å². The average molecular weight is 371 g/mol. The molecule has 0 unspecified atom stereocenters. The molecule has 0 saturated carbocycles. The standard InChI is InChI=1S/C20H25N3O4/c1-3-26-18-7-5-17(6-8-18)22-19(24)16(13-21)14-23-11-9-15(10-12-23)20(25)27-4-2/h5-8,14-15H,3-4,9-12H2,1-2H3,(H,22,24)/b16-14-. The predicted molar refractivity (Wildman–Crippen MR) is 101 cm³/mol. The van der Waals surface area contributed by atoms with Crippen LogP contribution in [0.15, 0.2) is 36.0 Å². The molecule has 0 bridgehead atoms. The maximum Gasteiger partial charge on any atom is 0.309 e. The molecule has 1 heterocycles. The van der Waals surface area contributed by atoms with Crippen LogP contribution in [0.2, 0.25) is 0 Å². The molecule has 1 N–H and O–H groups in total. The van der Waals surface area contributed by atoms with E-state index in [2.05, 4.69) is 5.32 Å². The first kappa shape index (κ1) is 20.3. The molecule has 1 saturated heterocycles. The number of amides is 1. The fraction of sp³-hybridized carbons (Fsp3) is 0.450. The summed E-state index contributed by atoms with van der Waals surface area (Å²) in [7, 11) is 0. The lowest BCUT2D eigenvalue weighted by molar-refractivity contribution is -0.149. The number of carbonyl (C=O) groups is 2. The van der Waals surface area contributed by atoms with Crippen LogP contribution in [0.3, 0.4) is 0 Å². The molecule has 1 aliphatic heterocycles. The highest BCUT2D eigenvalue weighted by Gasteiger charge is 2.25. The second kappa shape index (κ2) is 10.2. The molecule has 0 aliphatic carbocycles. The van der Waals surface area contributed by atoms with Crippen molar-refractivity contribution in [3.8, 4) is 11.8 Å². The van der Waals surface area contributed by atoms with Crippen LogP contribution in [0.4, 0.5) is 5.69 Å². The van der Waals surface area contributed by atoms with Crippen molar-refractivity contribution >= 4 is 17.6 Å². The Hall–Kier alpha value is -3.01. The van der Waals surface area contributed by atoms with Gasteiger partial charge in [0.1, 0.15) is 17.4 Å². The van der Waals surface area contributed by atoms with Gasteiger partial charge in [-0.05, 0) is 51.0 Å². The highest BCUT2D eigenvalue weighted by atomic mass is 16.5. The third kappa shape index (κ3) is 6.03. The molecule has 1 aromatic rings. The Morgan fingerprint density at radius 2 is 1.89 bits per heavy atom. The van der Waals surface area contributed by atoms with Crippen molar-refractivity contribution in [2.24, 2.45) is 5.92 Å². The third-order valence-electron chi connectivity index (χ3n) is 4.25. The molecule has 2 rings (SSSR count). The van der Waals surface area contributed by atoms with E-state index in [0.29, 0.717) is 44.8 Å². The van der Waals surface area contributed by atoms with E-state index < -0.39 is 5.91 Å². The Kier molecular flexibility index (Phi) is 7.68. The van der Waals surface area contributed by atoms with Crippen molar-refractivity contribution in [1.29, 1.82) is 5.26 Å². The summed E-state index contributed by atoms with van der Waals surface area (Å²) in [6.45, 7) is 5.84. The lowest BCUT2D eigenvalue weighted by atomic mass is 9.97. The van der Waals surface area contributed by atoms with Crippen LogP contribution in [0.1, 0.15) is 26.7 Å². The largest absolute Gasteiger partial charge is 0.494 e. The lowest BCUT2D eigenvalue weighted by Crippen LogP contribution is -2.34. The number of ether oxygens (including phenoxy) is 2. The van der Waals surface area contributed by atoms with Gasteiger partial charge in [0.15, 0.2) is 0 Å². The van der Waals surface area contributed by atoms with Crippen LogP contribution in [-0.2, 0) is 14.3 Å². The Morgan fingerprint density at radius 3 is 2.44 bits per heavy atom. The van der Waals surface area contributed by atoms with Gasteiger partial charge in [-0.2, -0.15) is 5.26 Å². The molecule has 27 heavy (non-hydrogen) atoms. The van der Waals surface area contributed by atoms with E-state index in [1.165, 1.54) is 0 Å². The smallest absolute Gasteiger partial charge is 0.309 e. The van der Waals surface area contributed by atoms with Gasteiger partial charge in [0.25, 0.3) is 5.91 Å². The van der Waals surface area contributed by atoms with Crippen molar-refractivity contribution < 1.29 is 19.1 Å². The number of piperidine rings is 1. The van der Waals surface area contributed by atoms with Crippen molar-refractivity contribution in [2.45, 2.75) is 26.7 Å². The van der Waals surface area contributed by atoms with E-state index in [4.69, 9.17) is 9.47 Å². The van der Waals surface area contributed by atoms with Crippen LogP contribution >= 0.6 is 0 Å². The van der Waals surface area contributed by atoms with Gasteiger partial charge in [-0.1, -0.05) is 0 Å². The van der Waals surface area contributed by atoms with Crippen molar-refractivity contribution in [1.82, 2.24) is 4.90 Å². The van der Waals surface area contributed by atoms with E-state index in [9.17, 15) is 14.9 Å². The summed E-state index contributed by atoms with van der Waals surface area (Å²) >= 11 is 0. The number of carbonyl (C=O) groups excluding carboxylic acids is 2. The Bertz CT molecular complexity index is 714. The third-order valence-corrected chi connectivity index (χ3v) is 4.25. The summed E-state index contributed by atoms with van der Waals surface area (Å²) in [6.07, 6.45) is 2.86. The van der Waals surface area contributed by atoms with Crippen LogP contribution in [-0.4, -0.2) is 43.1 Å². The Morgan fingerprint density at radius 1 is 1.22 bits per heavy atom. The molecule has 144 valence electrons. The normalized spacial score (nSPS) is 15.0. The molecule has 0 radical (unpaired) electrons. The SMILES string of the molecule is CCOC(=O)C1CCN(/C=C(/C#N)C(=O)Nc2ccc(OCC)cc2)CC1. The maximum atomic E-state index is 12.4. The fourth-order valence-electron chi connectivity index (χ4n) is 2.84. The van der Waals surface area contributed by atoms with Gasteiger partial charge in [-0.25, -0.2) is 0 Å². The van der Waals surface area contributed by atoms with Crippen molar-refractivity contribution in [3.63, 3.8) is 0 Å². The first-order valence-corrected chi connectivity index (χ1v) is 9.14. The molecular weight excluding hydrogens is 346 g/mol. The van der Waals surface area contributed by atoms with Gasteiger partial charge >= 0.3 is 5.97 Å². The number of anilines is 1. The number of likely N-dealkylation sites (tertiary alicyclic amines) is 1. The predicted octanol–water partition coefficient (Wildman–Crippen LogP) is 2.71. The Labute approximate surface area is 159 Å². The fourth-order valence-corrected chi connectivity index (χ4v) is 2.84. The molecule has 0 atom stereocenters. The zero-order chi connectivity index (χ0) is 19.6. The topological polar surface area (TPSA) is 91.7 Å². The average Bonchev–Trinajstić information content (AvgIpc) is 2.68. The van der Waals surface area contributed by atoms with Crippen LogP contribution in [0.25, 0.3) is 0 Å². The van der Waals surface area contributed by atoms with Crippen molar-refractivity contribution in [3.05, 3.63) is 36.0 Å². The summed E-state index contributed by atoms with van der Waals surface area (Å²) in [4.78, 5) is 26.0. The second-order valence-corrected chi connectivity index (χ2v) is 6.13. The number of esters is 1. The molecule has 1 aromatic carbocycles. The van der Waals surface area contributed by atoms with E-state index in [1.807, 2.05) is 17.9 Å². The second-order valence-electron chi connectivity index (χ2n) is 6.13. The summed E-state index contributed by atoms with van der Waals surface area (Å²) in [6, 6.07) is 8.91. The number of nitrogens with zero attached hydrogens (tertiary/aromatic N) is 2. The number of benzene rings is 1. The zero-order valence-electron chi connectivity index (χ0n) is 15.7. The molecule has 0 aromatic heterocycles. The Balaban J connectivity index is 1.92. The maximum absolute atomic E-state index is 12.4. The number of nitrogens with one attached hydrogen (secondary N) is 1. The molecule has 1 aliphatic rings. The zero-order valence-corrected chi connectivity index (χ0v) is 15.7. The molecule has 7 heteroatoms. The van der Waals surface area contributed by atoms with Crippen LogP contribution in [0.5, 0.6) is 5.75 Å². The quantitative estimate of drug-likeness (QED) is 0.450. The molecule has 7 nitrogen and oxygen atoms in total. The highest BCUT2D eigenvalue weighted by molar-refractivity contribution is 6.06. The summed E-state index contributed by atoms with van der Waals surface area (Å²) < 4.78 is 10.4. The van der Waals surface area contributed by atoms with Gasteiger partial charge < -0.3 is 19.7 Å². The number of hydrogen-bond donors (Lipinski definition) is 1. The highest BCUT2D eigenvalue weighted by Crippen LogP contribution is 2.20. The minimum absolute atomic E-state index is 0.0264. The summed E-state index contributed by atoms with van der Waals surface area (Å²) in [5.74, 6) is -0.0297. The van der Waals surface area contributed by atoms with Crippen molar-refractivity contribution in [2.75, 3.05) is 31.6 Å². The van der Waals surface area contributed by atoms with Gasteiger partial charge in [0.2, 0.25) is 0 Å². The number of nitriles is 1. The number of hydrogen-bond acceptors (Lipinski definition) is 6. The molecule has 1 fully saturated rings. The first-order chi connectivity index (χ1) is 13.1. The van der Waals surface area contributed by atoms with Crippen LogP contribution < -0.4 is 10.1 Å². The lowest BCUT2D eigenvalue weighted by Gasteiger charge is -2.30. The van der Waals surface area contributed by atoms with Crippen LogP contribution in [0, 0.1) is 17.2 Å². The van der Waals surface area contributed by atoms with E-state index in [1.54, 1.807) is 37.4 Å². The number of rotatable bonds is 7. The minimum atomic E-state index is -0.464. The van der Waals surface area contributed by atoms with E-state index in [-0.39, 0.29) is 17.5 Å². The summed E-state index contributed by atoms with van der Waals surface area (Å²) in [5, 5.41) is 12.0. The summed E-state index contributed by atoms with van der Waals surface area (Å²) in [5.41, 5.74) is 0.615. The monoisotopic (exact) mass is 371 g/mol. The van der Waals surface area contributed by atoms with Gasteiger partial charge in [0, 0.05) is 25.0 Å². The van der Waals surface area contributed by atoms with E-state index in [0.717, 1.165) is 5.75 Å². The van der Waals surface area contributed by atoms with Gasteiger partial charge in [0.05, 0.1) is 19.1 Å².